The van der Waals surface area contributed by atoms with Crippen LogP contribution in [-0.4, -0.2) is 31.5 Å². The lowest BCUT2D eigenvalue weighted by Crippen LogP contribution is -2.36. The average molecular weight is 381 g/mol. The molecule has 0 unspecified atom stereocenters. The van der Waals surface area contributed by atoms with Crippen molar-refractivity contribution in [2.24, 2.45) is 0 Å². The molecule has 0 spiro atoms. The van der Waals surface area contributed by atoms with Crippen molar-refractivity contribution in [3.63, 3.8) is 0 Å². The Labute approximate surface area is 156 Å². The van der Waals surface area contributed by atoms with Gasteiger partial charge >= 0.3 is 0 Å². The number of carbonyl (C=O) groups excluding carboxylic acids is 2. The number of ether oxygens (including phenoxy) is 1. The Morgan fingerprint density at radius 1 is 0.880 bits per heavy atom. The second-order valence-electron chi connectivity index (χ2n) is 5.17. The Morgan fingerprint density at radius 3 is 2.24 bits per heavy atom. The fourth-order valence-electron chi connectivity index (χ4n) is 2.04. The van der Waals surface area contributed by atoms with Gasteiger partial charge in [-0.1, -0.05) is 53.5 Å². The van der Waals surface area contributed by atoms with Gasteiger partial charge in [0.2, 0.25) is 5.91 Å². The molecule has 0 atom stereocenters. The summed E-state index contributed by atoms with van der Waals surface area (Å²) in [5.74, 6) is -0.547. The first-order valence-corrected chi connectivity index (χ1v) is 8.44. The van der Waals surface area contributed by atoms with Gasteiger partial charge in [0.15, 0.2) is 0 Å². The normalized spacial score (nSPS) is 10.3. The fraction of sp³-hybridized carbons (Fsp3) is 0.222. The molecule has 0 aliphatic rings. The largest absolute Gasteiger partial charge is 0.367 e. The lowest BCUT2D eigenvalue weighted by Gasteiger charge is -2.09. The molecule has 5 nitrogen and oxygen atoms in total. The summed E-state index contributed by atoms with van der Waals surface area (Å²) < 4.78 is 5.32. The van der Waals surface area contributed by atoms with Gasteiger partial charge in [-0.3, -0.25) is 9.59 Å². The summed E-state index contributed by atoms with van der Waals surface area (Å²) in [4.78, 5) is 23.6. The van der Waals surface area contributed by atoms with Crippen molar-refractivity contribution in [3.05, 3.63) is 69.7 Å². The van der Waals surface area contributed by atoms with Gasteiger partial charge in [-0.2, -0.15) is 0 Å². The number of halogens is 2. The van der Waals surface area contributed by atoms with E-state index in [-0.39, 0.29) is 25.0 Å². The Balaban J connectivity index is 1.62. The van der Waals surface area contributed by atoms with Crippen molar-refractivity contribution in [2.45, 2.75) is 6.61 Å². The van der Waals surface area contributed by atoms with Crippen LogP contribution in [0.15, 0.2) is 48.5 Å². The van der Waals surface area contributed by atoms with Gasteiger partial charge in [-0.25, -0.2) is 0 Å². The molecule has 0 saturated carbocycles. The lowest BCUT2D eigenvalue weighted by atomic mass is 10.2. The van der Waals surface area contributed by atoms with E-state index in [2.05, 4.69) is 10.6 Å². The van der Waals surface area contributed by atoms with Gasteiger partial charge in [-0.05, 0) is 23.8 Å². The van der Waals surface area contributed by atoms with Gasteiger partial charge in [0, 0.05) is 18.1 Å². The molecule has 0 aromatic heterocycles. The number of benzene rings is 2. The molecule has 0 radical (unpaired) electrons. The van der Waals surface area contributed by atoms with Crippen molar-refractivity contribution in [1.29, 1.82) is 0 Å². The van der Waals surface area contributed by atoms with Crippen LogP contribution in [0.5, 0.6) is 0 Å². The van der Waals surface area contributed by atoms with Gasteiger partial charge in [0.05, 0.1) is 17.2 Å². The smallest absolute Gasteiger partial charge is 0.252 e. The monoisotopic (exact) mass is 380 g/mol. The van der Waals surface area contributed by atoms with Crippen molar-refractivity contribution in [3.8, 4) is 0 Å². The summed E-state index contributed by atoms with van der Waals surface area (Å²) in [6.45, 7) is 0.769. The minimum Gasteiger partial charge on any atom is -0.367 e. The van der Waals surface area contributed by atoms with Gasteiger partial charge < -0.3 is 15.4 Å². The van der Waals surface area contributed by atoms with Crippen LogP contribution < -0.4 is 10.6 Å². The summed E-state index contributed by atoms with van der Waals surface area (Å²) in [6, 6.07) is 14.1. The fourth-order valence-corrected chi connectivity index (χ4v) is 2.45. The molecule has 7 heteroatoms. The summed E-state index contributed by atoms with van der Waals surface area (Å²) in [6.07, 6.45) is 0. The molecule has 0 aliphatic heterocycles. The van der Waals surface area contributed by atoms with E-state index in [0.29, 0.717) is 28.7 Å². The van der Waals surface area contributed by atoms with Gasteiger partial charge in [-0.15, -0.1) is 0 Å². The van der Waals surface area contributed by atoms with Crippen molar-refractivity contribution in [1.82, 2.24) is 10.6 Å². The first-order chi connectivity index (χ1) is 12.1. The summed E-state index contributed by atoms with van der Waals surface area (Å²) in [5.41, 5.74) is 1.22. The molecule has 0 fully saturated rings. The van der Waals surface area contributed by atoms with Crippen LogP contribution in [0.2, 0.25) is 10.0 Å². The maximum absolute atomic E-state index is 11.9. The topological polar surface area (TPSA) is 67.4 Å². The number of hydrogen-bond acceptors (Lipinski definition) is 3. The van der Waals surface area contributed by atoms with Crippen molar-refractivity contribution in [2.75, 3.05) is 19.7 Å². The van der Waals surface area contributed by atoms with E-state index in [9.17, 15) is 9.59 Å². The number of hydrogen-bond donors (Lipinski definition) is 2. The molecule has 2 rings (SSSR count). The number of carbonyl (C=O) groups is 2. The minimum absolute atomic E-state index is 0.0797. The first-order valence-electron chi connectivity index (χ1n) is 7.68. The van der Waals surface area contributed by atoms with Crippen LogP contribution in [-0.2, 0) is 16.1 Å². The average Bonchev–Trinajstić information content (AvgIpc) is 2.60. The Morgan fingerprint density at radius 2 is 1.52 bits per heavy atom. The van der Waals surface area contributed by atoms with Gasteiger partial charge in [0.1, 0.15) is 6.61 Å². The van der Waals surface area contributed by atoms with E-state index in [1.54, 1.807) is 30.3 Å². The lowest BCUT2D eigenvalue weighted by molar-refractivity contribution is -0.126. The van der Waals surface area contributed by atoms with Crippen LogP contribution in [0, 0.1) is 0 Å². The SMILES string of the molecule is O=C(COCc1ccccc1Cl)NCCNC(=O)c1ccccc1Cl. The predicted molar refractivity (Wildman–Crippen MR) is 97.9 cm³/mol. The third kappa shape index (κ3) is 6.38. The second kappa shape index (κ2) is 10.0. The summed E-state index contributed by atoms with van der Waals surface area (Å²) in [5, 5.41) is 6.34. The van der Waals surface area contributed by atoms with E-state index in [0.717, 1.165) is 5.56 Å². The van der Waals surface area contributed by atoms with Crippen LogP contribution in [0.1, 0.15) is 15.9 Å². The highest BCUT2D eigenvalue weighted by atomic mass is 35.5. The van der Waals surface area contributed by atoms with Crippen LogP contribution in [0.3, 0.4) is 0 Å². The molecule has 0 aliphatic carbocycles. The van der Waals surface area contributed by atoms with Crippen molar-refractivity contribution < 1.29 is 14.3 Å². The van der Waals surface area contributed by atoms with E-state index in [1.807, 2.05) is 18.2 Å². The molecular formula is C18H18Cl2N2O3. The van der Waals surface area contributed by atoms with E-state index in [1.165, 1.54) is 0 Å². The van der Waals surface area contributed by atoms with Crippen LogP contribution in [0.4, 0.5) is 0 Å². The van der Waals surface area contributed by atoms with Gasteiger partial charge in [0.25, 0.3) is 5.91 Å². The molecular weight excluding hydrogens is 363 g/mol. The Kier molecular flexibility index (Phi) is 7.73. The number of rotatable bonds is 8. The molecule has 0 bridgehead atoms. The highest BCUT2D eigenvalue weighted by Crippen LogP contribution is 2.15. The highest BCUT2D eigenvalue weighted by molar-refractivity contribution is 6.33. The second-order valence-corrected chi connectivity index (χ2v) is 5.98. The highest BCUT2D eigenvalue weighted by Gasteiger charge is 2.09. The summed E-state index contributed by atoms with van der Waals surface area (Å²) >= 11 is 11.9. The maximum atomic E-state index is 11.9. The molecule has 2 amide bonds. The summed E-state index contributed by atoms with van der Waals surface area (Å²) in [7, 11) is 0. The predicted octanol–water partition coefficient (Wildman–Crippen LogP) is 3.06. The molecule has 0 saturated heterocycles. The Bertz CT molecular complexity index is 738. The zero-order valence-corrected chi connectivity index (χ0v) is 14.9. The van der Waals surface area contributed by atoms with Crippen LogP contribution >= 0.6 is 23.2 Å². The Hall–Kier alpha value is -2.08. The van der Waals surface area contributed by atoms with E-state index >= 15 is 0 Å². The molecule has 132 valence electrons. The van der Waals surface area contributed by atoms with E-state index < -0.39 is 0 Å². The standard InChI is InChI=1S/C18H18Cl2N2O3/c19-15-7-3-1-5-13(15)11-25-12-17(23)21-9-10-22-18(24)14-6-2-4-8-16(14)20/h1-8H,9-12H2,(H,21,23)(H,22,24). The third-order valence-corrected chi connectivity index (χ3v) is 4.00. The molecule has 2 N–H and O–H groups in total. The number of amides is 2. The van der Waals surface area contributed by atoms with Crippen LogP contribution in [0.25, 0.3) is 0 Å². The van der Waals surface area contributed by atoms with Crippen molar-refractivity contribution >= 4 is 35.0 Å². The first kappa shape index (κ1) is 19.2. The molecule has 2 aromatic rings. The zero-order valence-electron chi connectivity index (χ0n) is 13.4. The minimum atomic E-state index is -0.283. The molecule has 25 heavy (non-hydrogen) atoms. The number of nitrogens with one attached hydrogen (secondary N) is 2. The maximum Gasteiger partial charge on any atom is 0.252 e. The third-order valence-electron chi connectivity index (χ3n) is 3.30. The molecule has 2 aromatic carbocycles. The zero-order chi connectivity index (χ0) is 18.1. The van der Waals surface area contributed by atoms with E-state index in [4.69, 9.17) is 27.9 Å². The quantitative estimate of drug-likeness (QED) is 0.691. The molecule has 0 heterocycles.